The number of rotatable bonds is 4. The topological polar surface area (TPSA) is 58.6 Å². The van der Waals surface area contributed by atoms with E-state index in [-0.39, 0.29) is 18.4 Å². The van der Waals surface area contributed by atoms with E-state index in [4.69, 9.17) is 16.3 Å². The fourth-order valence-electron chi connectivity index (χ4n) is 2.34. The average molecular weight is 270 g/mol. The van der Waals surface area contributed by atoms with E-state index in [9.17, 15) is 9.90 Å². The van der Waals surface area contributed by atoms with Gasteiger partial charge in [0.15, 0.2) is 0 Å². The van der Waals surface area contributed by atoms with Crippen molar-refractivity contribution in [1.82, 2.24) is 0 Å². The molecule has 1 amide bonds. The van der Waals surface area contributed by atoms with Crippen molar-refractivity contribution in [2.45, 2.75) is 25.4 Å². The molecule has 1 aliphatic rings. The Morgan fingerprint density at radius 1 is 1.56 bits per heavy atom. The summed E-state index contributed by atoms with van der Waals surface area (Å²) in [5, 5.41) is 13.4. The molecule has 0 aromatic heterocycles. The zero-order chi connectivity index (χ0) is 13.3. The molecule has 2 N–H and O–H groups in total. The maximum absolute atomic E-state index is 11.8. The number of carbonyl (C=O) groups is 1. The molecule has 0 fully saturated rings. The highest BCUT2D eigenvalue weighted by molar-refractivity contribution is 6.31. The van der Waals surface area contributed by atoms with Crippen LogP contribution in [-0.2, 0) is 9.53 Å². The molecule has 2 atom stereocenters. The molecule has 5 heteroatoms. The number of carbonyl (C=O) groups excluding carboxylic acids is 1. The lowest BCUT2D eigenvalue weighted by Crippen LogP contribution is -2.12. The quantitative estimate of drug-likeness (QED) is 0.883. The summed E-state index contributed by atoms with van der Waals surface area (Å²) in [7, 11) is 1.52. The van der Waals surface area contributed by atoms with Gasteiger partial charge in [0.25, 0.3) is 0 Å². The fraction of sp³-hybridized carbons (Fsp3) is 0.462. The van der Waals surface area contributed by atoms with Gasteiger partial charge in [0.2, 0.25) is 5.91 Å². The number of nitrogens with one attached hydrogen (secondary N) is 1. The van der Waals surface area contributed by atoms with E-state index in [1.807, 2.05) is 6.92 Å². The zero-order valence-electron chi connectivity index (χ0n) is 10.4. The van der Waals surface area contributed by atoms with Crippen LogP contribution in [-0.4, -0.2) is 24.7 Å². The van der Waals surface area contributed by atoms with Crippen molar-refractivity contribution in [1.29, 1.82) is 0 Å². The molecule has 1 aromatic rings. The van der Waals surface area contributed by atoms with Gasteiger partial charge in [-0.15, -0.1) is 0 Å². The molecule has 2 unspecified atom stereocenters. The minimum atomic E-state index is -0.793. The van der Waals surface area contributed by atoms with Gasteiger partial charge in [0.05, 0.1) is 18.2 Å². The van der Waals surface area contributed by atoms with Crippen LogP contribution >= 0.6 is 11.6 Å². The third-order valence-electron chi connectivity index (χ3n) is 3.20. The Balaban J connectivity index is 2.48. The Bertz CT molecular complexity index is 476. The molecular weight excluding hydrogens is 254 g/mol. The number of halogens is 1. The molecule has 0 saturated heterocycles. The summed E-state index contributed by atoms with van der Waals surface area (Å²) in [6, 6.07) is 3.45. The third kappa shape index (κ3) is 2.23. The first-order valence-electron chi connectivity index (χ1n) is 5.89. The van der Waals surface area contributed by atoms with Crippen LogP contribution in [0.3, 0.4) is 0 Å². The molecule has 0 radical (unpaired) electrons. The molecule has 0 aliphatic carbocycles. The fourth-order valence-corrected chi connectivity index (χ4v) is 2.57. The molecule has 18 heavy (non-hydrogen) atoms. The number of anilines is 1. The molecule has 2 rings (SSSR count). The van der Waals surface area contributed by atoms with E-state index < -0.39 is 6.10 Å². The summed E-state index contributed by atoms with van der Waals surface area (Å²) in [6.07, 6.45) is -0.0859. The zero-order valence-corrected chi connectivity index (χ0v) is 11.1. The molecule has 1 aliphatic heterocycles. The summed E-state index contributed by atoms with van der Waals surface area (Å²) in [5.74, 6) is -0.229. The number of hydrogen-bond donors (Lipinski definition) is 2. The van der Waals surface area contributed by atoms with E-state index in [1.165, 1.54) is 7.11 Å². The maximum atomic E-state index is 11.8. The van der Waals surface area contributed by atoms with Crippen LogP contribution < -0.4 is 5.32 Å². The van der Waals surface area contributed by atoms with E-state index >= 15 is 0 Å². The first-order valence-corrected chi connectivity index (χ1v) is 6.27. The second-order valence-corrected chi connectivity index (χ2v) is 4.82. The summed E-state index contributed by atoms with van der Waals surface area (Å²) in [6.45, 7) is 2.12. The number of benzene rings is 1. The molecule has 0 spiro atoms. The monoisotopic (exact) mass is 269 g/mol. The Kier molecular flexibility index (Phi) is 3.90. The number of ether oxygens (including phenoxy) is 1. The van der Waals surface area contributed by atoms with Gasteiger partial charge in [-0.1, -0.05) is 18.5 Å². The average Bonchev–Trinajstić information content (AvgIpc) is 2.63. The third-order valence-corrected chi connectivity index (χ3v) is 3.41. The van der Waals surface area contributed by atoms with E-state index in [0.29, 0.717) is 22.7 Å². The number of amides is 1. The van der Waals surface area contributed by atoms with Crippen LogP contribution in [0.15, 0.2) is 12.1 Å². The van der Waals surface area contributed by atoms with Gasteiger partial charge in [-0.25, -0.2) is 0 Å². The highest BCUT2D eigenvalue weighted by atomic mass is 35.5. The van der Waals surface area contributed by atoms with Gasteiger partial charge in [0, 0.05) is 17.7 Å². The molecule has 1 aromatic carbocycles. The second-order valence-electron chi connectivity index (χ2n) is 4.38. The largest absolute Gasteiger partial charge is 0.386 e. The standard InChI is InChI=1S/C13H16ClNO3/c1-3-8-9-4-7(14)5-10(11(16)6-18-2)12(9)15-13(8)17/h4-5,8,11,16H,3,6H2,1-2H3,(H,15,17). The van der Waals surface area contributed by atoms with Crippen LogP contribution in [0, 0.1) is 0 Å². The van der Waals surface area contributed by atoms with Crippen molar-refractivity contribution < 1.29 is 14.6 Å². The van der Waals surface area contributed by atoms with E-state index in [1.54, 1.807) is 12.1 Å². The van der Waals surface area contributed by atoms with Crippen LogP contribution in [0.4, 0.5) is 5.69 Å². The van der Waals surface area contributed by atoms with Crippen LogP contribution in [0.2, 0.25) is 5.02 Å². The normalized spacial score (nSPS) is 19.6. The van der Waals surface area contributed by atoms with Crippen molar-refractivity contribution >= 4 is 23.2 Å². The van der Waals surface area contributed by atoms with Crippen molar-refractivity contribution in [3.8, 4) is 0 Å². The van der Waals surface area contributed by atoms with Gasteiger partial charge in [0.1, 0.15) is 6.10 Å². The Labute approximate surface area is 111 Å². The SMILES string of the molecule is CCC1C(=O)Nc2c(C(O)COC)cc(Cl)cc21. The highest BCUT2D eigenvalue weighted by Crippen LogP contribution is 2.41. The Morgan fingerprint density at radius 2 is 2.28 bits per heavy atom. The van der Waals surface area contributed by atoms with Crippen molar-refractivity contribution in [2.75, 3.05) is 19.0 Å². The van der Waals surface area contributed by atoms with Crippen molar-refractivity contribution in [3.63, 3.8) is 0 Å². The smallest absolute Gasteiger partial charge is 0.232 e. The minimum absolute atomic E-state index is 0.0411. The number of hydrogen-bond acceptors (Lipinski definition) is 3. The lowest BCUT2D eigenvalue weighted by molar-refractivity contribution is -0.117. The number of aliphatic hydroxyl groups excluding tert-OH is 1. The number of methoxy groups -OCH3 is 1. The van der Waals surface area contributed by atoms with Gasteiger partial charge >= 0.3 is 0 Å². The molecule has 0 saturated carbocycles. The van der Waals surface area contributed by atoms with Gasteiger partial charge in [-0.2, -0.15) is 0 Å². The summed E-state index contributed by atoms with van der Waals surface area (Å²) >= 11 is 6.05. The number of fused-ring (bicyclic) bond motifs is 1. The molecule has 0 bridgehead atoms. The minimum Gasteiger partial charge on any atom is -0.386 e. The van der Waals surface area contributed by atoms with Crippen LogP contribution in [0.1, 0.15) is 36.5 Å². The Morgan fingerprint density at radius 3 is 2.89 bits per heavy atom. The molecular formula is C13H16ClNO3. The first-order chi connectivity index (χ1) is 8.58. The summed E-state index contributed by atoms with van der Waals surface area (Å²) in [4.78, 5) is 11.8. The second kappa shape index (κ2) is 5.26. The van der Waals surface area contributed by atoms with E-state index in [0.717, 1.165) is 5.56 Å². The highest BCUT2D eigenvalue weighted by Gasteiger charge is 2.32. The van der Waals surface area contributed by atoms with Gasteiger partial charge < -0.3 is 15.2 Å². The molecule has 98 valence electrons. The van der Waals surface area contributed by atoms with Crippen LogP contribution in [0.25, 0.3) is 0 Å². The van der Waals surface area contributed by atoms with E-state index in [2.05, 4.69) is 5.32 Å². The first kappa shape index (κ1) is 13.3. The van der Waals surface area contributed by atoms with Gasteiger partial charge in [-0.3, -0.25) is 4.79 Å². The predicted octanol–water partition coefficient (Wildman–Crippen LogP) is 2.47. The molecule has 1 heterocycles. The van der Waals surface area contributed by atoms with Crippen molar-refractivity contribution in [3.05, 3.63) is 28.3 Å². The Hall–Kier alpha value is -1.10. The predicted molar refractivity (Wildman–Crippen MR) is 69.9 cm³/mol. The number of aliphatic hydroxyl groups is 1. The molecule has 4 nitrogen and oxygen atoms in total. The van der Waals surface area contributed by atoms with Crippen molar-refractivity contribution in [2.24, 2.45) is 0 Å². The van der Waals surface area contributed by atoms with Crippen LogP contribution in [0.5, 0.6) is 0 Å². The lowest BCUT2D eigenvalue weighted by Gasteiger charge is -2.15. The summed E-state index contributed by atoms with van der Waals surface area (Å²) in [5.41, 5.74) is 2.16. The van der Waals surface area contributed by atoms with Gasteiger partial charge in [-0.05, 0) is 24.1 Å². The lowest BCUT2D eigenvalue weighted by atomic mass is 9.95. The maximum Gasteiger partial charge on any atom is 0.232 e. The summed E-state index contributed by atoms with van der Waals surface area (Å²) < 4.78 is 4.93.